The highest BCUT2D eigenvalue weighted by molar-refractivity contribution is 8.23. The minimum atomic E-state index is -0.110. The Hall–Kier alpha value is -1.55. The lowest BCUT2D eigenvalue weighted by atomic mass is 10.0. The topological polar surface area (TPSA) is 45.1 Å². The van der Waals surface area contributed by atoms with Crippen LogP contribution in [0.15, 0.2) is 46.9 Å². The minimum absolute atomic E-state index is 0.0129. The van der Waals surface area contributed by atoms with Gasteiger partial charge in [-0.1, -0.05) is 42.2 Å². The number of hydrogen-bond acceptors (Lipinski definition) is 7. The molecule has 158 valence electrons. The van der Waals surface area contributed by atoms with Crippen LogP contribution >= 0.6 is 47.1 Å². The number of benzene rings is 1. The van der Waals surface area contributed by atoms with Gasteiger partial charge in [-0.3, -0.25) is 4.79 Å². The summed E-state index contributed by atoms with van der Waals surface area (Å²) in [6.45, 7) is 1.92. The molecule has 1 aromatic heterocycles. The van der Waals surface area contributed by atoms with Gasteiger partial charge in [-0.25, -0.2) is 5.01 Å². The van der Waals surface area contributed by atoms with E-state index in [0.29, 0.717) is 12.2 Å². The number of nitrogens with zero attached hydrogens (tertiary/aromatic N) is 3. The average Bonchev–Trinajstić information content (AvgIpc) is 3.48. The number of thiophene rings is 1. The number of rotatable bonds is 5. The molecule has 0 N–H and O–H groups in total. The summed E-state index contributed by atoms with van der Waals surface area (Å²) in [5, 5.41) is 8.42. The van der Waals surface area contributed by atoms with Crippen molar-refractivity contribution in [2.24, 2.45) is 5.10 Å². The number of thioether (sulfide) groups is 2. The Labute approximate surface area is 194 Å². The van der Waals surface area contributed by atoms with Crippen LogP contribution in [0.4, 0.5) is 0 Å². The van der Waals surface area contributed by atoms with E-state index in [-0.39, 0.29) is 11.9 Å². The van der Waals surface area contributed by atoms with Crippen molar-refractivity contribution in [3.05, 3.63) is 52.2 Å². The first-order chi connectivity index (χ1) is 14.7. The summed E-state index contributed by atoms with van der Waals surface area (Å²) in [5.41, 5.74) is 2.01. The van der Waals surface area contributed by atoms with Gasteiger partial charge in [0, 0.05) is 31.0 Å². The monoisotopic (exact) mass is 477 g/mol. The molecule has 0 bridgehead atoms. The predicted molar refractivity (Wildman–Crippen MR) is 132 cm³/mol. The van der Waals surface area contributed by atoms with E-state index in [4.69, 9.17) is 22.1 Å². The molecule has 0 radical (unpaired) electrons. The number of carbonyl (C=O) groups excluding carboxylic acids is 1. The van der Waals surface area contributed by atoms with Gasteiger partial charge in [-0.05, 0) is 29.1 Å². The molecule has 30 heavy (non-hydrogen) atoms. The zero-order chi connectivity index (χ0) is 20.9. The second-order valence-electron chi connectivity index (χ2n) is 6.91. The molecule has 1 fully saturated rings. The standard InChI is InChI=1S/C21H23N3O2S4/c1-26-16-6-4-15(5-7-16)18-13-17(19-3-2-10-29-19)22-24(18)20(25)14-30-21(27)23-8-11-28-12-9-23/h2-7,10,18H,8-9,11-14H2,1H3. The Morgan fingerprint density at radius 3 is 2.70 bits per heavy atom. The summed E-state index contributed by atoms with van der Waals surface area (Å²) in [5.74, 6) is 3.27. The van der Waals surface area contributed by atoms with Crippen LogP contribution < -0.4 is 4.74 Å². The number of hydrazone groups is 1. The van der Waals surface area contributed by atoms with Crippen LogP contribution in [0.25, 0.3) is 0 Å². The lowest BCUT2D eigenvalue weighted by Crippen LogP contribution is -2.36. The Bertz CT molecular complexity index is 909. The molecule has 1 amide bonds. The summed E-state index contributed by atoms with van der Waals surface area (Å²) in [4.78, 5) is 16.5. The van der Waals surface area contributed by atoms with Gasteiger partial charge < -0.3 is 9.64 Å². The molecule has 2 aliphatic heterocycles. The van der Waals surface area contributed by atoms with E-state index >= 15 is 0 Å². The fourth-order valence-corrected chi connectivity index (χ4v) is 6.17. The Kier molecular flexibility index (Phi) is 7.35. The number of amides is 1. The zero-order valence-corrected chi connectivity index (χ0v) is 19.9. The van der Waals surface area contributed by atoms with Crippen molar-refractivity contribution in [3.63, 3.8) is 0 Å². The van der Waals surface area contributed by atoms with Crippen molar-refractivity contribution in [1.29, 1.82) is 0 Å². The van der Waals surface area contributed by atoms with Crippen molar-refractivity contribution in [2.75, 3.05) is 37.5 Å². The number of carbonyl (C=O) groups is 1. The van der Waals surface area contributed by atoms with Gasteiger partial charge in [-0.2, -0.15) is 16.9 Å². The molecule has 9 heteroatoms. The van der Waals surface area contributed by atoms with Crippen LogP contribution in [0.5, 0.6) is 5.75 Å². The van der Waals surface area contributed by atoms with E-state index < -0.39 is 0 Å². The van der Waals surface area contributed by atoms with Gasteiger partial charge in [0.1, 0.15) is 10.1 Å². The second kappa shape index (κ2) is 10.2. The molecule has 0 spiro atoms. The highest BCUT2D eigenvalue weighted by Crippen LogP contribution is 2.35. The fraction of sp³-hybridized carbons (Fsp3) is 0.381. The van der Waals surface area contributed by atoms with Gasteiger partial charge >= 0.3 is 0 Å². The molecule has 1 atom stereocenters. The minimum Gasteiger partial charge on any atom is -0.497 e. The van der Waals surface area contributed by atoms with Gasteiger partial charge in [-0.15, -0.1) is 11.3 Å². The van der Waals surface area contributed by atoms with E-state index in [2.05, 4.69) is 11.0 Å². The maximum Gasteiger partial charge on any atom is 0.253 e. The van der Waals surface area contributed by atoms with Crippen LogP contribution in [0, 0.1) is 0 Å². The van der Waals surface area contributed by atoms with Crippen LogP contribution in [-0.2, 0) is 4.79 Å². The van der Waals surface area contributed by atoms with E-state index in [9.17, 15) is 4.79 Å². The first kappa shape index (κ1) is 21.7. The summed E-state index contributed by atoms with van der Waals surface area (Å²) >= 11 is 10.6. The molecule has 0 aliphatic carbocycles. The third kappa shape index (κ3) is 5.01. The molecule has 1 unspecified atom stereocenters. The molecule has 4 rings (SSSR count). The lowest BCUT2D eigenvalue weighted by molar-refractivity contribution is -0.130. The predicted octanol–water partition coefficient (Wildman–Crippen LogP) is 4.50. The lowest BCUT2D eigenvalue weighted by Gasteiger charge is -2.28. The number of ether oxygens (including phenoxy) is 1. The molecule has 2 aliphatic rings. The van der Waals surface area contributed by atoms with Crippen LogP contribution in [0.3, 0.4) is 0 Å². The van der Waals surface area contributed by atoms with Crippen molar-refractivity contribution < 1.29 is 9.53 Å². The van der Waals surface area contributed by atoms with Gasteiger partial charge in [0.25, 0.3) is 5.91 Å². The van der Waals surface area contributed by atoms with Crippen LogP contribution in [-0.4, -0.2) is 63.3 Å². The smallest absolute Gasteiger partial charge is 0.253 e. The van der Waals surface area contributed by atoms with Crippen LogP contribution in [0.2, 0.25) is 0 Å². The van der Waals surface area contributed by atoms with Crippen LogP contribution in [0.1, 0.15) is 22.9 Å². The molecule has 5 nitrogen and oxygen atoms in total. The Balaban J connectivity index is 1.48. The molecular formula is C21H23N3O2S4. The summed E-state index contributed by atoms with van der Waals surface area (Å²) in [7, 11) is 1.65. The number of thiocarbonyl (C=S) groups is 1. The summed E-state index contributed by atoms with van der Waals surface area (Å²) in [6.07, 6.45) is 0.705. The first-order valence-corrected chi connectivity index (χ1v) is 13.2. The third-order valence-corrected chi connectivity index (χ3v) is 8.43. The van der Waals surface area contributed by atoms with Crippen molar-refractivity contribution >= 4 is 63.0 Å². The molecular weight excluding hydrogens is 455 g/mol. The SMILES string of the molecule is COc1ccc(C2CC(c3cccs3)=NN2C(=O)CSC(=S)N2CCSCC2)cc1. The Morgan fingerprint density at radius 1 is 1.27 bits per heavy atom. The van der Waals surface area contributed by atoms with E-state index in [1.165, 1.54) is 11.8 Å². The summed E-state index contributed by atoms with van der Waals surface area (Å²) < 4.78 is 6.09. The van der Waals surface area contributed by atoms with Crippen molar-refractivity contribution in [3.8, 4) is 5.75 Å². The first-order valence-electron chi connectivity index (χ1n) is 9.72. The highest BCUT2D eigenvalue weighted by atomic mass is 32.2. The van der Waals surface area contributed by atoms with Gasteiger partial charge in [0.05, 0.1) is 29.5 Å². The summed E-state index contributed by atoms with van der Waals surface area (Å²) in [6, 6.07) is 11.8. The fourth-order valence-electron chi connectivity index (χ4n) is 3.44. The molecule has 0 saturated carbocycles. The number of methoxy groups -OCH3 is 1. The molecule has 1 saturated heterocycles. The van der Waals surface area contributed by atoms with E-state index in [1.54, 1.807) is 23.5 Å². The van der Waals surface area contributed by atoms with Crippen molar-refractivity contribution in [1.82, 2.24) is 9.91 Å². The maximum atomic E-state index is 13.1. The largest absolute Gasteiger partial charge is 0.497 e. The van der Waals surface area contributed by atoms with Gasteiger partial charge in [0.15, 0.2) is 0 Å². The normalized spacial score (nSPS) is 19.0. The zero-order valence-electron chi connectivity index (χ0n) is 16.7. The molecule has 2 aromatic rings. The second-order valence-corrected chi connectivity index (χ2v) is 10.7. The average molecular weight is 478 g/mol. The Morgan fingerprint density at radius 2 is 2.03 bits per heavy atom. The molecule has 1 aromatic carbocycles. The number of hydrogen-bond donors (Lipinski definition) is 0. The van der Waals surface area contributed by atoms with E-state index in [1.807, 2.05) is 47.5 Å². The van der Waals surface area contributed by atoms with Crippen molar-refractivity contribution in [2.45, 2.75) is 12.5 Å². The van der Waals surface area contributed by atoms with E-state index in [0.717, 1.165) is 50.8 Å². The highest BCUT2D eigenvalue weighted by Gasteiger charge is 2.33. The molecule has 3 heterocycles. The maximum absolute atomic E-state index is 13.1. The van der Waals surface area contributed by atoms with Gasteiger partial charge in [0.2, 0.25) is 0 Å². The third-order valence-electron chi connectivity index (χ3n) is 5.06. The quantitative estimate of drug-likeness (QED) is 0.591.